The van der Waals surface area contributed by atoms with Crippen molar-refractivity contribution in [2.45, 2.75) is 6.92 Å². The molecule has 0 fully saturated rings. The maximum Gasteiger partial charge on any atom is 0.0713 e. The summed E-state index contributed by atoms with van der Waals surface area (Å²) >= 11 is 6.08. The molecule has 0 unspecified atom stereocenters. The van der Waals surface area contributed by atoms with Crippen LogP contribution in [0.15, 0.2) is 65.5 Å². The lowest BCUT2D eigenvalue weighted by Crippen LogP contribution is -2.02. The SMILES string of the molecule is CC1=Nc2ccc(Cl)cc2C1=CC=C1C=CN(C)C=C1.I. The Kier molecular flexibility index (Phi) is 5.06. The summed E-state index contributed by atoms with van der Waals surface area (Å²) in [4.78, 5) is 6.58. The number of nitrogens with zero attached hydrogens (tertiary/aromatic N) is 2. The van der Waals surface area contributed by atoms with E-state index in [0.29, 0.717) is 0 Å². The second-order valence-corrected chi connectivity index (χ2v) is 5.34. The Labute approximate surface area is 147 Å². The molecule has 0 spiro atoms. The van der Waals surface area contributed by atoms with Crippen LogP contribution in [0, 0.1) is 0 Å². The fourth-order valence-electron chi connectivity index (χ4n) is 2.27. The quantitative estimate of drug-likeness (QED) is 0.570. The van der Waals surface area contributed by atoms with Crippen LogP contribution in [0.4, 0.5) is 5.69 Å². The van der Waals surface area contributed by atoms with Gasteiger partial charge < -0.3 is 4.90 Å². The van der Waals surface area contributed by atoms with Gasteiger partial charge in [-0.15, -0.1) is 24.0 Å². The first-order valence-electron chi connectivity index (χ1n) is 6.49. The van der Waals surface area contributed by atoms with Gasteiger partial charge in [0.25, 0.3) is 0 Å². The van der Waals surface area contributed by atoms with Gasteiger partial charge in [0, 0.05) is 41.3 Å². The Morgan fingerprint density at radius 2 is 1.86 bits per heavy atom. The van der Waals surface area contributed by atoms with E-state index in [2.05, 4.69) is 29.3 Å². The highest BCUT2D eigenvalue weighted by Crippen LogP contribution is 2.36. The van der Waals surface area contributed by atoms with Gasteiger partial charge in [-0.2, -0.15) is 0 Å². The highest BCUT2D eigenvalue weighted by Gasteiger charge is 2.17. The van der Waals surface area contributed by atoms with Crippen molar-refractivity contribution in [2.24, 2.45) is 4.99 Å². The molecule has 108 valence electrons. The lowest BCUT2D eigenvalue weighted by atomic mass is 10.0. The summed E-state index contributed by atoms with van der Waals surface area (Å²) in [5.74, 6) is 0. The third kappa shape index (κ3) is 3.47. The van der Waals surface area contributed by atoms with E-state index in [1.165, 1.54) is 5.57 Å². The molecule has 0 saturated carbocycles. The van der Waals surface area contributed by atoms with E-state index in [4.69, 9.17) is 11.6 Å². The average Bonchev–Trinajstić information content (AvgIpc) is 2.73. The largest absolute Gasteiger partial charge is 0.357 e. The molecule has 21 heavy (non-hydrogen) atoms. The Hall–Kier alpha value is -1.33. The minimum Gasteiger partial charge on any atom is -0.357 e. The van der Waals surface area contributed by atoms with E-state index in [1.807, 2.05) is 49.5 Å². The Balaban J connectivity index is 0.00000161. The van der Waals surface area contributed by atoms with Gasteiger partial charge in [0.05, 0.1) is 5.69 Å². The number of halogens is 2. The molecule has 1 aromatic carbocycles. The van der Waals surface area contributed by atoms with Crippen LogP contribution in [0.5, 0.6) is 0 Å². The molecule has 0 aliphatic carbocycles. The molecule has 0 atom stereocenters. The molecule has 0 bridgehead atoms. The average molecular weight is 411 g/mol. The molecule has 3 rings (SSSR count). The Bertz CT molecular complexity index is 696. The summed E-state index contributed by atoms with van der Waals surface area (Å²) in [6.45, 7) is 2.03. The fraction of sp³-hybridized carbons (Fsp3) is 0.118. The first-order chi connectivity index (χ1) is 9.63. The molecular weight excluding hydrogens is 395 g/mol. The Morgan fingerprint density at radius 3 is 2.57 bits per heavy atom. The number of hydrogen-bond acceptors (Lipinski definition) is 2. The van der Waals surface area contributed by atoms with Gasteiger partial charge in [-0.05, 0) is 42.8 Å². The van der Waals surface area contributed by atoms with E-state index < -0.39 is 0 Å². The van der Waals surface area contributed by atoms with Crippen molar-refractivity contribution in [1.82, 2.24) is 4.90 Å². The summed E-state index contributed by atoms with van der Waals surface area (Å²) in [5, 5.41) is 0.742. The van der Waals surface area contributed by atoms with Gasteiger partial charge in [0.2, 0.25) is 0 Å². The van der Waals surface area contributed by atoms with Crippen molar-refractivity contribution in [2.75, 3.05) is 7.05 Å². The van der Waals surface area contributed by atoms with E-state index >= 15 is 0 Å². The fourth-order valence-corrected chi connectivity index (χ4v) is 2.44. The maximum absolute atomic E-state index is 6.08. The van der Waals surface area contributed by atoms with Crippen LogP contribution < -0.4 is 0 Å². The number of allylic oxidation sites excluding steroid dienone is 6. The zero-order valence-corrected chi connectivity index (χ0v) is 15.0. The van der Waals surface area contributed by atoms with Gasteiger partial charge in [-0.1, -0.05) is 23.8 Å². The van der Waals surface area contributed by atoms with Crippen molar-refractivity contribution >= 4 is 52.5 Å². The zero-order valence-electron chi connectivity index (χ0n) is 11.9. The second kappa shape index (κ2) is 6.62. The molecule has 2 heterocycles. The standard InChI is InChI=1S/C17H15ClN2.HI/c1-12-15(5-3-13-7-9-20(2)10-8-13)16-11-14(18)4-6-17(16)19-12;/h3-11H,1-2H3;1H. The van der Waals surface area contributed by atoms with Crippen molar-refractivity contribution in [1.29, 1.82) is 0 Å². The summed E-state index contributed by atoms with van der Waals surface area (Å²) in [6, 6.07) is 5.81. The summed E-state index contributed by atoms with van der Waals surface area (Å²) in [6.07, 6.45) is 12.4. The van der Waals surface area contributed by atoms with Crippen LogP contribution >= 0.6 is 35.6 Å². The van der Waals surface area contributed by atoms with Gasteiger partial charge in [-0.3, -0.25) is 4.99 Å². The number of aliphatic imine (C=N–C) groups is 1. The predicted molar refractivity (Wildman–Crippen MR) is 102 cm³/mol. The van der Waals surface area contributed by atoms with Crippen LogP contribution in [-0.2, 0) is 0 Å². The second-order valence-electron chi connectivity index (χ2n) is 4.90. The minimum absolute atomic E-state index is 0. The van der Waals surface area contributed by atoms with E-state index in [1.54, 1.807) is 0 Å². The van der Waals surface area contributed by atoms with Crippen molar-refractivity contribution < 1.29 is 0 Å². The highest BCUT2D eigenvalue weighted by atomic mass is 127. The minimum atomic E-state index is 0. The monoisotopic (exact) mass is 410 g/mol. The summed E-state index contributed by atoms with van der Waals surface area (Å²) in [5.41, 5.74) is 5.42. The molecule has 2 aliphatic rings. The topological polar surface area (TPSA) is 15.6 Å². The third-order valence-corrected chi connectivity index (χ3v) is 3.61. The number of benzene rings is 1. The van der Waals surface area contributed by atoms with Crippen LogP contribution in [0.3, 0.4) is 0 Å². The molecule has 0 aromatic heterocycles. The van der Waals surface area contributed by atoms with Crippen LogP contribution in [0.2, 0.25) is 5.02 Å². The van der Waals surface area contributed by atoms with Crippen LogP contribution in [0.25, 0.3) is 5.57 Å². The summed E-state index contributed by atoms with van der Waals surface area (Å²) in [7, 11) is 2.01. The molecule has 0 N–H and O–H groups in total. The normalized spacial score (nSPS) is 17.7. The predicted octanol–water partition coefficient (Wildman–Crippen LogP) is 5.35. The lowest BCUT2D eigenvalue weighted by molar-refractivity contribution is 0.620. The van der Waals surface area contributed by atoms with Gasteiger partial charge >= 0.3 is 0 Å². The van der Waals surface area contributed by atoms with E-state index in [-0.39, 0.29) is 24.0 Å². The molecule has 0 radical (unpaired) electrons. The van der Waals surface area contributed by atoms with Gasteiger partial charge in [-0.25, -0.2) is 0 Å². The first-order valence-corrected chi connectivity index (χ1v) is 6.87. The van der Waals surface area contributed by atoms with Gasteiger partial charge in [0.1, 0.15) is 0 Å². The number of fused-ring (bicyclic) bond motifs is 1. The van der Waals surface area contributed by atoms with E-state index in [9.17, 15) is 0 Å². The Morgan fingerprint density at radius 1 is 1.14 bits per heavy atom. The molecule has 2 aliphatic heterocycles. The molecule has 2 nitrogen and oxygen atoms in total. The van der Waals surface area contributed by atoms with Crippen molar-refractivity contribution in [3.63, 3.8) is 0 Å². The summed E-state index contributed by atoms with van der Waals surface area (Å²) < 4.78 is 0. The van der Waals surface area contributed by atoms with Crippen molar-refractivity contribution in [3.8, 4) is 0 Å². The van der Waals surface area contributed by atoms with Crippen molar-refractivity contribution in [3.05, 3.63) is 71.1 Å². The number of hydrogen-bond donors (Lipinski definition) is 0. The highest BCUT2D eigenvalue weighted by molar-refractivity contribution is 14.0. The molecular formula is C17H16ClIN2. The molecule has 0 saturated heterocycles. The zero-order chi connectivity index (χ0) is 14.1. The van der Waals surface area contributed by atoms with Gasteiger partial charge in [0.15, 0.2) is 0 Å². The van der Waals surface area contributed by atoms with Crippen LogP contribution in [-0.4, -0.2) is 17.7 Å². The molecule has 1 aromatic rings. The number of rotatable bonds is 1. The molecule has 4 heteroatoms. The third-order valence-electron chi connectivity index (χ3n) is 3.37. The lowest BCUT2D eigenvalue weighted by Gasteiger charge is -2.11. The molecule has 0 amide bonds. The first kappa shape index (κ1) is 16.0. The van der Waals surface area contributed by atoms with E-state index in [0.717, 1.165) is 27.6 Å². The van der Waals surface area contributed by atoms with Crippen LogP contribution in [0.1, 0.15) is 12.5 Å². The maximum atomic E-state index is 6.08. The smallest absolute Gasteiger partial charge is 0.0713 e.